The summed E-state index contributed by atoms with van der Waals surface area (Å²) in [6.45, 7) is 3.74. The van der Waals surface area contributed by atoms with E-state index in [2.05, 4.69) is 15.8 Å². The number of hydrogen-bond acceptors (Lipinski definition) is 4. The maximum atomic E-state index is 12.0. The molecule has 23 heavy (non-hydrogen) atoms. The first kappa shape index (κ1) is 16.8. The molecule has 0 aliphatic carbocycles. The lowest BCUT2D eigenvalue weighted by atomic mass is 10.2. The summed E-state index contributed by atoms with van der Waals surface area (Å²) < 4.78 is 0. The Labute approximate surface area is 140 Å². The van der Waals surface area contributed by atoms with Crippen LogP contribution in [-0.2, 0) is 4.79 Å². The van der Waals surface area contributed by atoms with Crippen molar-refractivity contribution in [1.29, 1.82) is 0 Å². The van der Waals surface area contributed by atoms with Gasteiger partial charge in [-0.3, -0.25) is 4.79 Å². The molecule has 2 rings (SSSR count). The average Bonchev–Trinajstić information content (AvgIpc) is 2.52. The molecule has 3 N–H and O–H groups in total. The summed E-state index contributed by atoms with van der Waals surface area (Å²) in [5.41, 5.74) is 4.86. The third-order valence-electron chi connectivity index (χ3n) is 3.20. The number of aryl methyl sites for hydroxylation is 1. The number of hydrogen-bond donors (Lipinski definition) is 3. The second kappa shape index (κ2) is 7.65. The first-order valence-corrected chi connectivity index (χ1v) is 7.48. The van der Waals surface area contributed by atoms with Crippen LogP contribution in [0.3, 0.4) is 0 Å². The van der Waals surface area contributed by atoms with Crippen molar-refractivity contribution in [1.82, 2.24) is 5.43 Å². The van der Waals surface area contributed by atoms with Crippen LogP contribution in [0.15, 0.2) is 47.6 Å². The molecule has 0 saturated heterocycles. The van der Waals surface area contributed by atoms with Gasteiger partial charge in [0.15, 0.2) is 0 Å². The van der Waals surface area contributed by atoms with Crippen molar-refractivity contribution in [3.63, 3.8) is 0 Å². The van der Waals surface area contributed by atoms with Gasteiger partial charge in [-0.25, -0.2) is 5.43 Å². The molecule has 0 aliphatic rings. The number of aromatic hydroxyl groups is 1. The van der Waals surface area contributed by atoms with Crippen molar-refractivity contribution in [2.24, 2.45) is 5.10 Å². The van der Waals surface area contributed by atoms with Gasteiger partial charge in [-0.05, 0) is 44.2 Å². The van der Waals surface area contributed by atoms with E-state index in [0.29, 0.717) is 10.6 Å². The van der Waals surface area contributed by atoms with E-state index >= 15 is 0 Å². The minimum atomic E-state index is -0.456. The fraction of sp³-hybridized carbons (Fsp3) is 0.176. The van der Waals surface area contributed by atoms with Crippen molar-refractivity contribution in [3.8, 4) is 5.75 Å². The highest BCUT2D eigenvalue weighted by Crippen LogP contribution is 2.19. The Hall–Kier alpha value is -2.53. The molecule has 1 amide bonds. The standard InChI is InChI=1S/C17H18ClN3O2/c1-11-3-6-15(7-4-11)20-12(2)17(23)21-19-10-13-9-14(18)5-8-16(13)22/h3-10,12,20,22H,1-2H3,(H,21,23)/b19-10-/t12-/m0/s1. The van der Waals surface area contributed by atoms with Crippen LogP contribution in [0.1, 0.15) is 18.1 Å². The fourth-order valence-electron chi connectivity index (χ4n) is 1.86. The largest absolute Gasteiger partial charge is 0.507 e. The van der Waals surface area contributed by atoms with E-state index in [1.54, 1.807) is 19.1 Å². The summed E-state index contributed by atoms with van der Waals surface area (Å²) in [5, 5.41) is 17.0. The Bertz CT molecular complexity index is 714. The van der Waals surface area contributed by atoms with E-state index in [4.69, 9.17) is 11.6 Å². The Morgan fingerprint density at radius 1 is 1.26 bits per heavy atom. The van der Waals surface area contributed by atoms with E-state index in [9.17, 15) is 9.90 Å². The second-order valence-corrected chi connectivity index (χ2v) is 5.61. The third kappa shape index (κ3) is 5.00. The van der Waals surface area contributed by atoms with Crippen LogP contribution < -0.4 is 10.7 Å². The number of halogens is 1. The summed E-state index contributed by atoms with van der Waals surface area (Å²) in [4.78, 5) is 12.0. The molecule has 2 aromatic rings. The predicted octanol–water partition coefficient (Wildman–Crippen LogP) is 3.30. The number of carbonyl (C=O) groups excluding carboxylic acids is 1. The van der Waals surface area contributed by atoms with Crippen LogP contribution in [0.4, 0.5) is 5.69 Å². The number of anilines is 1. The zero-order chi connectivity index (χ0) is 16.8. The number of amides is 1. The van der Waals surface area contributed by atoms with E-state index in [1.165, 1.54) is 12.3 Å². The van der Waals surface area contributed by atoms with Crippen molar-refractivity contribution in [2.75, 3.05) is 5.32 Å². The molecule has 1 atom stereocenters. The molecule has 0 heterocycles. The van der Waals surface area contributed by atoms with Crippen LogP contribution in [-0.4, -0.2) is 23.3 Å². The highest BCUT2D eigenvalue weighted by Gasteiger charge is 2.11. The highest BCUT2D eigenvalue weighted by atomic mass is 35.5. The molecule has 6 heteroatoms. The molecule has 120 valence electrons. The fourth-order valence-corrected chi connectivity index (χ4v) is 2.04. The average molecular weight is 332 g/mol. The van der Waals surface area contributed by atoms with Gasteiger partial charge in [-0.2, -0.15) is 5.10 Å². The molecular formula is C17H18ClN3O2. The lowest BCUT2D eigenvalue weighted by molar-refractivity contribution is -0.121. The summed E-state index contributed by atoms with van der Waals surface area (Å²) in [7, 11) is 0. The number of carbonyl (C=O) groups is 1. The van der Waals surface area contributed by atoms with Gasteiger partial charge in [0.25, 0.3) is 5.91 Å². The first-order chi connectivity index (χ1) is 11.0. The van der Waals surface area contributed by atoms with Crippen molar-refractivity contribution >= 4 is 29.4 Å². The minimum absolute atomic E-state index is 0.0400. The van der Waals surface area contributed by atoms with Crippen molar-refractivity contribution in [3.05, 3.63) is 58.6 Å². The van der Waals surface area contributed by atoms with Gasteiger partial charge in [0.05, 0.1) is 6.21 Å². The number of hydrazone groups is 1. The van der Waals surface area contributed by atoms with Gasteiger partial charge < -0.3 is 10.4 Å². The highest BCUT2D eigenvalue weighted by molar-refractivity contribution is 6.30. The van der Waals surface area contributed by atoms with Crippen molar-refractivity contribution in [2.45, 2.75) is 19.9 Å². The van der Waals surface area contributed by atoms with Crippen LogP contribution in [0.25, 0.3) is 0 Å². The van der Waals surface area contributed by atoms with Crippen LogP contribution in [0, 0.1) is 6.92 Å². The summed E-state index contributed by atoms with van der Waals surface area (Å²) in [6.07, 6.45) is 1.34. The molecular weight excluding hydrogens is 314 g/mol. The zero-order valence-corrected chi connectivity index (χ0v) is 13.6. The van der Waals surface area contributed by atoms with Crippen LogP contribution in [0.5, 0.6) is 5.75 Å². The molecule has 0 bridgehead atoms. The number of phenolic OH excluding ortho intramolecular Hbond substituents is 1. The topological polar surface area (TPSA) is 73.7 Å². The molecule has 0 saturated carbocycles. The predicted molar refractivity (Wildman–Crippen MR) is 93.1 cm³/mol. The lowest BCUT2D eigenvalue weighted by Gasteiger charge is -2.13. The van der Waals surface area contributed by atoms with Crippen LogP contribution >= 0.6 is 11.6 Å². The van der Waals surface area contributed by atoms with E-state index in [1.807, 2.05) is 31.2 Å². The molecule has 0 fully saturated rings. The van der Waals surface area contributed by atoms with E-state index < -0.39 is 6.04 Å². The quantitative estimate of drug-likeness (QED) is 0.581. The normalized spacial score (nSPS) is 12.1. The summed E-state index contributed by atoms with van der Waals surface area (Å²) >= 11 is 5.84. The van der Waals surface area contributed by atoms with Gasteiger partial charge in [0, 0.05) is 16.3 Å². The maximum absolute atomic E-state index is 12.0. The van der Waals surface area contributed by atoms with E-state index in [-0.39, 0.29) is 11.7 Å². The first-order valence-electron chi connectivity index (χ1n) is 7.10. The molecule has 0 aromatic heterocycles. The van der Waals surface area contributed by atoms with Crippen LogP contribution in [0.2, 0.25) is 5.02 Å². The Kier molecular flexibility index (Phi) is 5.60. The SMILES string of the molecule is Cc1ccc(N[C@@H](C)C(=O)N/N=C\c2cc(Cl)ccc2O)cc1. The minimum Gasteiger partial charge on any atom is -0.507 e. The molecule has 2 aromatic carbocycles. The third-order valence-corrected chi connectivity index (χ3v) is 3.43. The van der Waals surface area contributed by atoms with E-state index in [0.717, 1.165) is 11.3 Å². The lowest BCUT2D eigenvalue weighted by Crippen LogP contribution is -2.34. The Morgan fingerprint density at radius 3 is 2.65 bits per heavy atom. The van der Waals surface area contributed by atoms with Gasteiger partial charge in [0.1, 0.15) is 11.8 Å². The number of nitrogens with one attached hydrogen (secondary N) is 2. The zero-order valence-electron chi connectivity index (χ0n) is 12.9. The molecule has 0 spiro atoms. The molecule has 0 radical (unpaired) electrons. The number of phenols is 1. The number of benzene rings is 2. The van der Waals surface area contributed by atoms with Gasteiger partial charge in [-0.1, -0.05) is 29.3 Å². The van der Waals surface area contributed by atoms with Crippen molar-refractivity contribution < 1.29 is 9.90 Å². The number of rotatable bonds is 5. The molecule has 5 nitrogen and oxygen atoms in total. The smallest absolute Gasteiger partial charge is 0.262 e. The Balaban J connectivity index is 1.92. The second-order valence-electron chi connectivity index (χ2n) is 5.17. The molecule has 0 unspecified atom stereocenters. The molecule has 0 aliphatic heterocycles. The maximum Gasteiger partial charge on any atom is 0.262 e. The summed E-state index contributed by atoms with van der Waals surface area (Å²) in [5.74, 6) is -0.249. The van der Waals surface area contributed by atoms with Gasteiger partial charge in [-0.15, -0.1) is 0 Å². The van der Waals surface area contributed by atoms with Gasteiger partial charge >= 0.3 is 0 Å². The monoisotopic (exact) mass is 331 g/mol. The number of nitrogens with zero attached hydrogens (tertiary/aromatic N) is 1. The van der Waals surface area contributed by atoms with Gasteiger partial charge in [0.2, 0.25) is 0 Å². The Morgan fingerprint density at radius 2 is 1.96 bits per heavy atom. The summed E-state index contributed by atoms with van der Waals surface area (Å²) in [6, 6.07) is 11.9.